The molecule has 0 saturated carbocycles. The molecule has 6 nitrogen and oxygen atoms in total. The Hall–Kier alpha value is -2.89. The second kappa shape index (κ2) is 8.87. The number of pyridine rings is 1. The van der Waals surface area contributed by atoms with Gasteiger partial charge in [0, 0.05) is 24.3 Å². The molecule has 0 bridgehead atoms. The molecule has 1 saturated heterocycles. The summed E-state index contributed by atoms with van der Waals surface area (Å²) in [5.41, 5.74) is 2.29. The van der Waals surface area contributed by atoms with E-state index in [0.717, 1.165) is 37.8 Å². The average molecular weight is 381 g/mol. The zero-order chi connectivity index (χ0) is 20.1. The maximum Gasteiger partial charge on any atom is 0.274 e. The van der Waals surface area contributed by atoms with Crippen LogP contribution < -0.4 is 10.1 Å². The fourth-order valence-corrected chi connectivity index (χ4v) is 3.65. The highest BCUT2D eigenvalue weighted by Gasteiger charge is 2.26. The summed E-state index contributed by atoms with van der Waals surface area (Å²) in [4.78, 5) is 31.8. The molecule has 6 heteroatoms. The van der Waals surface area contributed by atoms with Crippen molar-refractivity contribution in [3.05, 3.63) is 53.3 Å². The van der Waals surface area contributed by atoms with Gasteiger partial charge in [-0.05, 0) is 62.4 Å². The molecule has 1 aliphatic heterocycles. The molecule has 2 aromatic rings. The number of carbonyl (C=O) groups excluding carboxylic acids is 2. The van der Waals surface area contributed by atoms with Gasteiger partial charge < -0.3 is 15.0 Å². The summed E-state index contributed by atoms with van der Waals surface area (Å²) in [5, 5.41) is 2.83. The van der Waals surface area contributed by atoms with Crippen molar-refractivity contribution in [3.8, 4) is 5.75 Å². The summed E-state index contributed by atoms with van der Waals surface area (Å²) in [6.07, 6.45) is 5.67. The lowest BCUT2D eigenvalue weighted by molar-refractivity contribution is 0.0608. The quantitative estimate of drug-likeness (QED) is 0.848. The number of rotatable bonds is 5. The normalized spacial score (nSPS) is 16.5. The zero-order valence-corrected chi connectivity index (χ0v) is 16.7. The van der Waals surface area contributed by atoms with E-state index in [-0.39, 0.29) is 23.6 Å². The smallest absolute Gasteiger partial charge is 0.274 e. The van der Waals surface area contributed by atoms with E-state index in [1.165, 1.54) is 6.20 Å². The van der Waals surface area contributed by atoms with E-state index in [0.29, 0.717) is 17.0 Å². The van der Waals surface area contributed by atoms with E-state index >= 15 is 0 Å². The van der Waals surface area contributed by atoms with Gasteiger partial charge in [-0.15, -0.1) is 0 Å². The van der Waals surface area contributed by atoms with Crippen molar-refractivity contribution in [2.24, 2.45) is 0 Å². The van der Waals surface area contributed by atoms with Crippen LogP contribution in [0.5, 0.6) is 5.75 Å². The number of ether oxygens (including phenoxy) is 1. The van der Waals surface area contributed by atoms with E-state index < -0.39 is 0 Å². The first-order valence-electron chi connectivity index (χ1n) is 9.76. The number of methoxy groups -OCH3 is 1. The third-order valence-electron chi connectivity index (χ3n) is 5.20. The second-order valence-corrected chi connectivity index (χ2v) is 7.14. The predicted molar refractivity (Wildman–Crippen MR) is 109 cm³/mol. The Morgan fingerprint density at radius 2 is 2.07 bits per heavy atom. The van der Waals surface area contributed by atoms with Gasteiger partial charge in [0.1, 0.15) is 11.4 Å². The summed E-state index contributed by atoms with van der Waals surface area (Å²) >= 11 is 0. The van der Waals surface area contributed by atoms with Crippen LogP contribution in [0.3, 0.4) is 0 Å². The van der Waals surface area contributed by atoms with E-state index in [9.17, 15) is 9.59 Å². The number of aromatic nitrogens is 1. The third kappa shape index (κ3) is 4.32. The summed E-state index contributed by atoms with van der Waals surface area (Å²) < 4.78 is 5.31. The lowest BCUT2D eigenvalue weighted by Gasteiger charge is -2.35. The van der Waals surface area contributed by atoms with Crippen molar-refractivity contribution in [2.75, 3.05) is 19.0 Å². The number of amides is 2. The monoisotopic (exact) mass is 381 g/mol. The molecule has 1 fully saturated rings. The largest absolute Gasteiger partial charge is 0.495 e. The SMILES string of the molecule is CCC1CCCCN1C(=O)c1ccnc(C(=O)Nc2cc(C)ccc2OC)c1. The average Bonchev–Trinajstić information content (AvgIpc) is 2.73. The van der Waals surface area contributed by atoms with Crippen molar-refractivity contribution >= 4 is 17.5 Å². The van der Waals surface area contributed by atoms with Crippen LogP contribution in [0.25, 0.3) is 0 Å². The molecular formula is C22H27N3O3. The number of hydrogen-bond donors (Lipinski definition) is 1. The van der Waals surface area contributed by atoms with Gasteiger partial charge in [-0.1, -0.05) is 13.0 Å². The Morgan fingerprint density at radius 3 is 2.82 bits per heavy atom. The number of nitrogens with zero attached hydrogens (tertiary/aromatic N) is 2. The van der Waals surface area contributed by atoms with Crippen molar-refractivity contribution in [1.29, 1.82) is 0 Å². The Morgan fingerprint density at radius 1 is 1.25 bits per heavy atom. The number of anilines is 1. The summed E-state index contributed by atoms with van der Waals surface area (Å²) in [6.45, 7) is 4.81. The molecular weight excluding hydrogens is 354 g/mol. The van der Waals surface area contributed by atoms with Gasteiger partial charge in [0.15, 0.2) is 0 Å². The molecule has 1 aromatic carbocycles. The first-order valence-corrected chi connectivity index (χ1v) is 9.76. The molecule has 1 N–H and O–H groups in total. The van der Waals surface area contributed by atoms with Crippen LogP contribution in [-0.4, -0.2) is 41.4 Å². The van der Waals surface area contributed by atoms with Crippen LogP contribution in [0.2, 0.25) is 0 Å². The van der Waals surface area contributed by atoms with Crippen molar-refractivity contribution in [1.82, 2.24) is 9.88 Å². The van der Waals surface area contributed by atoms with E-state index in [4.69, 9.17) is 4.74 Å². The van der Waals surface area contributed by atoms with Crippen molar-refractivity contribution < 1.29 is 14.3 Å². The highest BCUT2D eigenvalue weighted by molar-refractivity contribution is 6.05. The number of benzene rings is 1. The number of carbonyl (C=O) groups is 2. The number of piperidine rings is 1. The molecule has 2 heterocycles. The van der Waals surface area contributed by atoms with Gasteiger partial charge in [0.25, 0.3) is 11.8 Å². The highest BCUT2D eigenvalue weighted by Crippen LogP contribution is 2.26. The lowest BCUT2D eigenvalue weighted by atomic mass is 9.99. The Bertz CT molecular complexity index is 866. The van der Waals surface area contributed by atoms with Crippen LogP contribution in [0.15, 0.2) is 36.5 Å². The van der Waals surface area contributed by atoms with E-state index in [1.807, 2.05) is 24.0 Å². The van der Waals surface area contributed by atoms with Gasteiger partial charge in [-0.2, -0.15) is 0 Å². The van der Waals surface area contributed by atoms with E-state index in [2.05, 4.69) is 17.2 Å². The molecule has 1 unspecified atom stereocenters. The maximum atomic E-state index is 13.0. The number of hydrogen-bond acceptors (Lipinski definition) is 4. The topological polar surface area (TPSA) is 71.5 Å². The first kappa shape index (κ1) is 19.9. The molecule has 2 amide bonds. The number of nitrogens with one attached hydrogen (secondary N) is 1. The highest BCUT2D eigenvalue weighted by atomic mass is 16.5. The minimum absolute atomic E-state index is 0.0314. The summed E-state index contributed by atoms with van der Waals surface area (Å²) in [6, 6.07) is 9.07. The number of likely N-dealkylation sites (tertiary alicyclic amines) is 1. The molecule has 0 radical (unpaired) electrons. The Labute approximate surface area is 165 Å². The van der Waals surface area contributed by atoms with Crippen LogP contribution in [0.4, 0.5) is 5.69 Å². The van der Waals surface area contributed by atoms with E-state index in [1.54, 1.807) is 25.3 Å². The molecule has 0 spiro atoms. The Kier molecular flexibility index (Phi) is 6.29. The predicted octanol–water partition coefficient (Wildman–Crippen LogP) is 4.06. The minimum Gasteiger partial charge on any atom is -0.495 e. The van der Waals surface area contributed by atoms with Gasteiger partial charge in [0.2, 0.25) is 0 Å². The third-order valence-corrected chi connectivity index (χ3v) is 5.20. The molecule has 1 atom stereocenters. The second-order valence-electron chi connectivity index (χ2n) is 7.14. The van der Waals surface area contributed by atoms with Gasteiger partial charge in [-0.25, -0.2) is 0 Å². The maximum absolute atomic E-state index is 13.0. The Balaban J connectivity index is 1.80. The molecule has 1 aliphatic rings. The fourth-order valence-electron chi connectivity index (χ4n) is 3.65. The molecule has 0 aliphatic carbocycles. The fraction of sp³-hybridized carbons (Fsp3) is 0.409. The molecule has 28 heavy (non-hydrogen) atoms. The van der Waals surface area contributed by atoms with Crippen LogP contribution in [0.1, 0.15) is 59.0 Å². The van der Waals surface area contributed by atoms with Crippen LogP contribution in [0, 0.1) is 6.92 Å². The van der Waals surface area contributed by atoms with Gasteiger partial charge in [-0.3, -0.25) is 14.6 Å². The van der Waals surface area contributed by atoms with Gasteiger partial charge in [0.05, 0.1) is 12.8 Å². The van der Waals surface area contributed by atoms with Crippen molar-refractivity contribution in [2.45, 2.75) is 45.6 Å². The molecule has 1 aromatic heterocycles. The number of aryl methyl sites for hydroxylation is 1. The van der Waals surface area contributed by atoms with Gasteiger partial charge >= 0.3 is 0 Å². The van der Waals surface area contributed by atoms with Crippen LogP contribution in [-0.2, 0) is 0 Å². The zero-order valence-electron chi connectivity index (χ0n) is 16.7. The molecule has 3 rings (SSSR count). The first-order chi connectivity index (χ1) is 13.5. The van der Waals surface area contributed by atoms with Crippen molar-refractivity contribution in [3.63, 3.8) is 0 Å². The lowest BCUT2D eigenvalue weighted by Crippen LogP contribution is -2.43. The van der Waals surface area contributed by atoms with Crippen LogP contribution >= 0.6 is 0 Å². The minimum atomic E-state index is -0.371. The standard InChI is InChI=1S/C22H27N3O3/c1-4-17-7-5-6-12-25(17)22(27)16-10-11-23-19(14-16)21(26)24-18-13-15(2)8-9-20(18)28-3/h8-11,13-14,17H,4-7,12H2,1-3H3,(H,24,26). The summed E-state index contributed by atoms with van der Waals surface area (Å²) in [5.74, 6) is 0.172. The molecule has 148 valence electrons. The summed E-state index contributed by atoms with van der Waals surface area (Å²) in [7, 11) is 1.56.